The Balaban J connectivity index is 1.38. The molecule has 1 saturated heterocycles. The Bertz CT molecular complexity index is 1270. The third kappa shape index (κ3) is 5.14. The van der Waals surface area contributed by atoms with Gasteiger partial charge in [-0.15, -0.1) is 0 Å². The SMILES string of the molecule is CCOC(=O)N1CCC(NC(=O)Cc2ccc(-n3c(=S)[nH]c4ccccc4c3=O)cc2)CC1. The van der Waals surface area contributed by atoms with Crippen LogP contribution in [0.5, 0.6) is 0 Å². The van der Waals surface area contributed by atoms with E-state index in [1.54, 1.807) is 30.0 Å². The van der Waals surface area contributed by atoms with E-state index in [9.17, 15) is 14.4 Å². The summed E-state index contributed by atoms with van der Waals surface area (Å²) in [6.45, 7) is 3.28. The summed E-state index contributed by atoms with van der Waals surface area (Å²) >= 11 is 5.39. The Kier molecular flexibility index (Phi) is 6.88. The van der Waals surface area contributed by atoms with E-state index in [2.05, 4.69) is 10.3 Å². The number of carbonyl (C=O) groups is 2. The molecule has 8 nitrogen and oxygen atoms in total. The molecule has 1 fully saturated rings. The molecule has 1 aromatic heterocycles. The fourth-order valence-electron chi connectivity index (χ4n) is 4.05. The van der Waals surface area contributed by atoms with Crippen LogP contribution in [-0.2, 0) is 16.0 Å². The van der Waals surface area contributed by atoms with Crippen molar-refractivity contribution in [1.82, 2.24) is 19.8 Å². The van der Waals surface area contributed by atoms with Crippen molar-refractivity contribution in [2.75, 3.05) is 19.7 Å². The monoisotopic (exact) mass is 466 g/mol. The first kappa shape index (κ1) is 22.7. The zero-order valence-electron chi connectivity index (χ0n) is 18.4. The summed E-state index contributed by atoms with van der Waals surface area (Å²) in [6, 6.07) is 14.5. The summed E-state index contributed by atoms with van der Waals surface area (Å²) in [7, 11) is 0. The molecule has 3 aromatic rings. The van der Waals surface area contributed by atoms with E-state index in [1.165, 1.54) is 4.57 Å². The van der Waals surface area contributed by atoms with Gasteiger partial charge in [0.15, 0.2) is 4.77 Å². The minimum Gasteiger partial charge on any atom is -0.450 e. The number of likely N-dealkylation sites (tertiary alicyclic amines) is 1. The molecule has 2 N–H and O–H groups in total. The number of amides is 2. The van der Waals surface area contributed by atoms with Crippen LogP contribution in [0.3, 0.4) is 0 Å². The highest BCUT2D eigenvalue weighted by atomic mass is 32.1. The number of nitrogens with zero attached hydrogens (tertiary/aromatic N) is 2. The summed E-state index contributed by atoms with van der Waals surface area (Å²) in [5.41, 5.74) is 1.99. The van der Waals surface area contributed by atoms with Crippen LogP contribution in [0.2, 0.25) is 0 Å². The molecular weight excluding hydrogens is 440 g/mol. The number of ether oxygens (including phenoxy) is 1. The highest BCUT2D eigenvalue weighted by Crippen LogP contribution is 2.14. The van der Waals surface area contributed by atoms with Crippen molar-refractivity contribution in [2.45, 2.75) is 32.2 Å². The molecule has 1 aliphatic rings. The van der Waals surface area contributed by atoms with Gasteiger partial charge in [0.2, 0.25) is 5.91 Å². The molecule has 1 aliphatic heterocycles. The minimum atomic E-state index is -0.298. The molecular formula is C24H26N4O4S. The smallest absolute Gasteiger partial charge is 0.409 e. The lowest BCUT2D eigenvalue weighted by Gasteiger charge is -2.31. The number of fused-ring (bicyclic) bond motifs is 1. The molecule has 0 bridgehead atoms. The maximum absolute atomic E-state index is 12.9. The Morgan fingerprint density at radius 1 is 1.12 bits per heavy atom. The second kappa shape index (κ2) is 9.99. The van der Waals surface area contributed by atoms with Gasteiger partial charge in [-0.3, -0.25) is 14.2 Å². The number of carbonyl (C=O) groups excluding carboxylic acids is 2. The number of hydrogen-bond acceptors (Lipinski definition) is 5. The molecule has 0 atom stereocenters. The molecule has 2 amide bonds. The van der Waals surface area contributed by atoms with E-state index in [-0.39, 0.29) is 30.0 Å². The first-order valence-electron chi connectivity index (χ1n) is 11.0. The van der Waals surface area contributed by atoms with Crippen LogP contribution in [0.25, 0.3) is 16.6 Å². The van der Waals surface area contributed by atoms with Gasteiger partial charge in [0, 0.05) is 19.1 Å². The van der Waals surface area contributed by atoms with Crippen LogP contribution in [0.15, 0.2) is 53.3 Å². The Labute approximate surface area is 196 Å². The average Bonchev–Trinajstić information content (AvgIpc) is 2.81. The second-order valence-electron chi connectivity index (χ2n) is 7.99. The number of nitrogens with one attached hydrogen (secondary N) is 2. The largest absolute Gasteiger partial charge is 0.450 e. The third-order valence-corrected chi connectivity index (χ3v) is 6.04. The quantitative estimate of drug-likeness (QED) is 0.563. The second-order valence-corrected chi connectivity index (χ2v) is 8.37. The maximum atomic E-state index is 12.9. The molecule has 0 saturated carbocycles. The number of hydrogen-bond donors (Lipinski definition) is 2. The lowest BCUT2D eigenvalue weighted by atomic mass is 10.0. The van der Waals surface area contributed by atoms with Gasteiger partial charge in [0.25, 0.3) is 5.56 Å². The number of H-pyrrole nitrogens is 1. The molecule has 0 radical (unpaired) electrons. The molecule has 0 unspecified atom stereocenters. The van der Waals surface area contributed by atoms with Crippen molar-refractivity contribution >= 4 is 35.1 Å². The van der Waals surface area contributed by atoms with Crippen molar-refractivity contribution in [2.24, 2.45) is 0 Å². The predicted molar refractivity (Wildman–Crippen MR) is 128 cm³/mol. The number of benzene rings is 2. The molecule has 2 heterocycles. The molecule has 9 heteroatoms. The van der Waals surface area contributed by atoms with Gasteiger partial charge in [0.1, 0.15) is 0 Å². The number of piperidine rings is 1. The first-order chi connectivity index (χ1) is 16.0. The molecule has 0 aliphatic carbocycles. The van der Waals surface area contributed by atoms with E-state index in [0.29, 0.717) is 53.9 Å². The van der Waals surface area contributed by atoms with Crippen LogP contribution in [0, 0.1) is 4.77 Å². The van der Waals surface area contributed by atoms with Crippen molar-refractivity contribution < 1.29 is 14.3 Å². The van der Waals surface area contributed by atoms with Gasteiger partial charge in [-0.2, -0.15) is 0 Å². The van der Waals surface area contributed by atoms with E-state index < -0.39 is 0 Å². The van der Waals surface area contributed by atoms with Crippen LogP contribution in [-0.4, -0.2) is 52.2 Å². The topological polar surface area (TPSA) is 96.4 Å². The fraction of sp³-hybridized carbons (Fsp3) is 0.333. The van der Waals surface area contributed by atoms with Gasteiger partial charge >= 0.3 is 6.09 Å². The molecule has 4 rings (SSSR count). The third-order valence-electron chi connectivity index (χ3n) is 5.75. The summed E-state index contributed by atoms with van der Waals surface area (Å²) in [4.78, 5) is 42.0. The Hall–Kier alpha value is -3.46. The summed E-state index contributed by atoms with van der Waals surface area (Å²) in [5, 5.41) is 3.61. The fourth-order valence-corrected chi connectivity index (χ4v) is 4.34. The number of rotatable bonds is 5. The van der Waals surface area contributed by atoms with E-state index in [4.69, 9.17) is 17.0 Å². The van der Waals surface area contributed by atoms with Crippen molar-refractivity contribution in [3.63, 3.8) is 0 Å². The van der Waals surface area contributed by atoms with E-state index in [1.807, 2.05) is 30.3 Å². The van der Waals surface area contributed by atoms with Crippen molar-refractivity contribution in [3.05, 3.63) is 69.2 Å². The maximum Gasteiger partial charge on any atom is 0.409 e. The van der Waals surface area contributed by atoms with Gasteiger partial charge < -0.3 is 19.9 Å². The van der Waals surface area contributed by atoms with Gasteiger partial charge in [-0.1, -0.05) is 24.3 Å². The van der Waals surface area contributed by atoms with E-state index >= 15 is 0 Å². The average molecular weight is 467 g/mol. The number of para-hydroxylation sites is 1. The Morgan fingerprint density at radius 3 is 2.52 bits per heavy atom. The van der Waals surface area contributed by atoms with E-state index in [0.717, 1.165) is 5.56 Å². The predicted octanol–water partition coefficient (Wildman–Crippen LogP) is 3.33. The van der Waals surface area contributed by atoms with Gasteiger partial charge in [-0.25, -0.2) is 4.79 Å². The van der Waals surface area contributed by atoms with Gasteiger partial charge in [0.05, 0.1) is 29.6 Å². The summed E-state index contributed by atoms with van der Waals surface area (Å²) in [5.74, 6) is -0.0718. The van der Waals surface area contributed by atoms with Crippen LogP contribution < -0.4 is 10.9 Å². The van der Waals surface area contributed by atoms with Crippen molar-refractivity contribution in [1.29, 1.82) is 0 Å². The van der Waals surface area contributed by atoms with Crippen LogP contribution in [0.4, 0.5) is 4.79 Å². The standard InChI is InChI=1S/C24H26N4O4S/c1-2-32-24(31)27-13-11-17(12-14-27)25-21(29)15-16-7-9-18(10-8-16)28-22(30)19-5-3-4-6-20(19)26-23(28)33/h3-10,17H,2,11-15H2,1H3,(H,25,29)(H,26,33). The van der Waals surface area contributed by atoms with Crippen molar-refractivity contribution in [3.8, 4) is 5.69 Å². The number of aromatic amines is 1. The molecule has 172 valence electrons. The number of aromatic nitrogens is 2. The Morgan fingerprint density at radius 2 is 1.82 bits per heavy atom. The van der Waals surface area contributed by atoms with Gasteiger partial charge in [-0.05, 0) is 61.8 Å². The van der Waals surface area contributed by atoms with Crippen LogP contribution >= 0.6 is 12.2 Å². The molecule has 0 spiro atoms. The van der Waals surface area contributed by atoms with Crippen LogP contribution in [0.1, 0.15) is 25.3 Å². The lowest BCUT2D eigenvalue weighted by Crippen LogP contribution is -2.47. The minimum absolute atomic E-state index is 0.0388. The summed E-state index contributed by atoms with van der Waals surface area (Å²) in [6.07, 6.45) is 1.34. The molecule has 2 aromatic carbocycles. The first-order valence-corrected chi connectivity index (χ1v) is 11.4. The summed E-state index contributed by atoms with van der Waals surface area (Å²) < 4.78 is 6.80. The molecule has 33 heavy (non-hydrogen) atoms. The highest BCUT2D eigenvalue weighted by Gasteiger charge is 2.24. The normalized spacial score (nSPS) is 14.3. The zero-order valence-corrected chi connectivity index (χ0v) is 19.2. The zero-order chi connectivity index (χ0) is 23.4. The highest BCUT2D eigenvalue weighted by molar-refractivity contribution is 7.71. The lowest BCUT2D eigenvalue weighted by molar-refractivity contribution is -0.121.